The van der Waals surface area contributed by atoms with Gasteiger partial charge in [-0.15, -0.1) is 0 Å². The molecule has 14 heavy (non-hydrogen) atoms. The highest BCUT2D eigenvalue weighted by Crippen LogP contribution is 2.12. The van der Waals surface area contributed by atoms with Gasteiger partial charge in [-0.05, 0) is 19.8 Å². The van der Waals surface area contributed by atoms with Crippen LogP contribution in [0, 0.1) is 5.92 Å². The number of carbonyl (C=O) groups excluding carboxylic acids is 1. The molecule has 0 saturated heterocycles. The summed E-state index contributed by atoms with van der Waals surface area (Å²) in [5, 5.41) is 8.73. The van der Waals surface area contributed by atoms with Gasteiger partial charge in [0.15, 0.2) is 0 Å². The van der Waals surface area contributed by atoms with Crippen molar-refractivity contribution in [3.63, 3.8) is 0 Å². The van der Waals surface area contributed by atoms with Crippen molar-refractivity contribution in [3.8, 4) is 0 Å². The summed E-state index contributed by atoms with van der Waals surface area (Å²) in [5.74, 6) is -1.10. The van der Waals surface area contributed by atoms with Crippen LogP contribution in [0.25, 0.3) is 0 Å². The number of carbonyl (C=O) groups is 2. The Labute approximate surface area is 84.9 Å². The maximum Gasteiger partial charge on any atom is 0.326 e. The molecule has 0 heterocycles. The molecular weight excluding hydrogens is 182 g/mol. The van der Waals surface area contributed by atoms with E-state index in [2.05, 4.69) is 0 Å². The van der Waals surface area contributed by atoms with Gasteiger partial charge in [0, 0.05) is 13.0 Å². The molecule has 1 unspecified atom stereocenters. The minimum absolute atomic E-state index is 0.0539. The predicted molar refractivity (Wildman–Crippen MR) is 53.9 cm³/mol. The Morgan fingerprint density at radius 1 is 1.29 bits per heavy atom. The fourth-order valence-corrected chi connectivity index (χ4v) is 1.28. The van der Waals surface area contributed by atoms with E-state index in [9.17, 15) is 9.59 Å². The quantitative estimate of drug-likeness (QED) is 0.730. The van der Waals surface area contributed by atoms with Crippen LogP contribution in [0.1, 0.15) is 33.6 Å². The first-order valence-electron chi connectivity index (χ1n) is 4.95. The van der Waals surface area contributed by atoms with Gasteiger partial charge in [0.2, 0.25) is 5.91 Å². The first-order chi connectivity index (χ1) is 6.45. The number of nitrogens with zero attached hydrogens (tertiary/aromatic N) is 1. The Hall–Kier alpha value is -1.06. The highest BCUT2D eigenvalue weighted by Gasteiger charge is 2.25. The maximum absolute atomic E-state index is 11.7. The van der Waals surface area contributed by atoms with E-state index >= 15 is 0 Å². The first-order valence-corrected chi connectivity index (χ1v) is 4.95. The zero-order valence-corrected chi connectivity index (χ0v) is 9.28. The number of carboxylic acid groups (broad SMARTS) is 1. The van der Waals surface area contributed by atoms with Crippen molar-refractivity contribution in [3.05, 3.63) is 0 Å². The van der Waals surface area contributed by atoms with Gasteiger partial charge in [0.25, 0.3) is 0 Å². The fraction of sp³-hybridized carbons (Fsp3) is 0.800. The molecule has 0 aromatic heterocycles. The Morgan fingerprint density at radius 3 is 2.00 bits per heavy atom. The van der Waals surface area contributed by atoms with Crippen LogP contribution in [0.4, 0.5) is 0 Å². The Balaban J connectivity index is 4.44. The number of amides is 1. The van der Waals surface area contributed by atoms with Crippen molar-refractivity contribution in [2.75, 3.05) is 7.05 Å². The molecular formula is C10H19NO3. The maximum atomic E-state index is 11.7. The smallest absolute Gasteiger partial charge is 0.326 e. The van der Waals surface area contributed by atoms with Gasteiger partial charge < -0.3 is 10.0 Å². The summed E-state index contributed by atoms with van der Waals surface area (Å²) < 4.78 is 0. The van der Waals surface area contributed by atoms with E-state index in [1.807, 2.05) is 13.8 Å². The van der Waals surface area contributed by atoms with Crippen molar-refractivity contribution in [1.29, 1.82) is 0 Å². The standard InChI is InChI=1S/C10H19NO3/c1-5-8(6-2)9(12)11(4)7(3)10(13)14/h7-8H,5-6H2,1-4H3,(H,13,14). The van der Waals surface area contributed by atoms with Crippen LogP contribution >= 0.6 is 0 Å². The lowest BCUT2D eigenvalue weighted by molar-refractivity contribution is -0.150. The van der Waals surface area contributed by atoms with E-state index in [4.69, 9.17) is 5.11 Å². The molecule has 0 aliphatic carbocycles. The molecule has 0 aliphatic rings. The van der Waals surface area contributed by atoms with Crippen molar-refractivity contribution >= 4 is 11.9 Å². The SMILES string of the molecule is CCC(CC)C(=O)N(C)C(C)C(=O)O. The molecule has 1 atom stereocenters. The van der Waals surface area contributed by atoms with Crippen molar-refractivity contribution in [2.24, 2.45) is 5.92 Å². The Bertz CT molecular complexity index is 211. The lowest BCUT2D eigenvalue weighted by Crippen LogP contribution is -2.43. The molecule has 0 saturated carbocycles. The average molecular weight is 201 g/mol. The summed E-state index contributed by atoms with van der Waals surface area (Å²) in [6.07, 6.45) is 1.51. The largest absolute Gasteiger partial charge is 0.480 e. The molecule has 0 radical (unpaired) electrons. The van der Waals surface area contributed by atoms with Crippen LogP contribution < -0.4 is 0 Å². The summed E-state index contributed by atoms with van der Waals surface area (Å²) in [6, 6.07) is -0.747. The Kier molecular flexibility index (Phi) is 5.20. The number of hydrogen-bond acceptors (Lipinski definition) is 2. The number of aliphatic carboxylic acids is 1. The first kappa shape index (κ1) is 12.9. The second kappa shape index (κ2) is 5.62. The summed E-state index contributed by atoms with van der Waals surface area (Å²) in [7, 11) is 1.54. The van der Waals surface area contributed by atoms with Gasteiger partial charge in [0.05, 0.1) is 0 Å². The Morgan fingerprint density at radius 2 is 1.71 bits per heavy atom. The molecule has 0 aliphatic heterocycles. The van der Waals surface area contributed by atoms with Crippen LogP contribution in [0.15, 0.2) is 0 Å². The van der Waals surface area contributed by atoms with Crippen LogP contribution in [0.2, 0.25) is 0 Å². The predicted octanol–water partition coefficient (Wildman–Crippen LogP) is 1.35. The van der Waals surface area contributed by atoms with Crippen molar-refractivity contribution < 1.29 is 14.7 Å². The minimum atomic E-state index is -0.966. The minimum Gasteiger partial charge on any atom is -0.480 e. The fourth-order valence-electron chi connectivity index (χ4n) is 1.28. The number of likely N-dealkylation sites (N-methyl/N-ethyl adjacent to an activating group) is 1. The number of rotatable bonds is 5. The van der Waals surface area contributed by atoms with Gasteiger partial charge in [-0.2, -0.15) is 0 Å². The molecule has 0 rings (SSSR count). The van der Waals surface area contributed by atoms with Gasteiger partial charge in [0.1, 0.15) is 6.04 Å². The van der Waals surface area contributed by atoms with Crippen molar-refractivity contribution in [1.82, 2.24) is 4.90 Å². The molecule has 1 amide bonds. The zero-order valence-electron chi connectivity index (χ0n) is 9.28. The second-order valence-corrected chi connectivity index (χ2v) is 3.48. The molecule has 0 aromatic rings. The summed E-state index contributed by atoms with van der Waals surface area (Å²) in [5.41, 5.74) is 0. The van der Waals surface area contributed by atoms with Crippen LogP contribution in [0.3, 0.4) is 0 Å². The molecule has 0 bridgehead atoms. The van der Waals surface area contributed by atoms with Crippen LogP contribution in [-0.2, 0) is 9.59 Å². The summed E-state index contributed by atoms with van der Waals surface area (Å²) in [6.45, 7) is 5.39. The third-order valence-corrected chi connectivity index (χ3v) is 2.62. The summed E-state index contributed by atoms with van der Waals surface area (Å²) in [4.78, 5) is 23.7. The topological polar surface area (TPSA) is 57.6 Å². The van der Waals surface area contributed by atoms with Crippen LogP contribution in [-0.4, -0.2) is 35.0 Å². The second-order valence-electron chi connectivity index (χ2n) is 3.48. The molecule has 4 nitrogen and oxygen atoms in total. The van der Waals surface area contributed by atoms with Gasteiger partial charge in [-0.3, -0.25) is 4.79 Å². The zero-order chi connectivity index (χ0) is 11.3. The van der Waals surface area contributed by atoms with E-state index in [-0.39, 0.29) is 11.8 Å². The van der Waals surface area contributed by atoms with E-state index in [0.29, 0.717) is 0 Å². The molecule has 0 spiro atoms. The highest BCUT2D eigenvalue weighted by atomic mass is 16.4. The normalized spacial score (nSPS) is 12.6. The number of carboxylic acids is 1. The van der Waals surface area contributed by atoms with Gasteiger partial charge in [-0.1, -0.05) is 13.8 Å². The lowest BCUT2D eigenvalue weighted by atomic mass is 10.0. The van der Waals surface area contributed by atoms with E-state index in [0.717, 1.165) is 12.8 Å². The molecule has 1 N–H and O–H groups in total. The molecule has 0 aromatic carbocycles. The van der Waals surface area contributed by atoms with Crippen molar-refractivity contribution in [2.45, 2.75) is 39.7 Å². The van der Waals surface area contributed by atoms with Gasteiger partial charge in [-0.25, -0.2) is 4.79 Å². The van der Waals surface area contributed by atoms with Gasteiger partial charge >= 0.3 is 5.97 Å². The highest BCUT2D eigenvalue weighted by molar-refractivity contribution is 5.84. The monoisotopic (exact) mass is 201 g/mol. The molecule has 4 heteroatoms. The van der Waals surface area contributed by atoms with Crippen LogP contribution in [0.5, 0.6) is 0 Å². The lowest BCUT2D eigenvalue weighted by Gasteiger charge is -2.25. The van der Waals surface area contributed by atoms with E-state index in [1.165, 1.54) is 11.8 Å². The summed E-state index contributed by atoms with van der Waals surface area (Å²) >= 11 is 0. The molecule has 82 valence electrons. The molecule has 0 fully saturated rings. The third-order valence-electron chi connectivity index (χ3n) is 2.62. The number of hydrogen-bond donors (Lipinski definition) is 1. The average Bonchev–Trinajstić information content (AvgIpc) is 2.17. The van der Waals surface area contributed by atoms with E-state index in [1.54, 1.807) is 7.05 Å². The third kappa shape index (κ3) is 3.01. The van der Waals surface area contributed by atoms with E-state index < -0.39 is 12.0 Å².